The van der Waals surface area contributed by atoms with Crippen molar-refractivity contribution in [2.75, 3.05) is 20.6 Å². The van der Waals surface area contributed by atoms with Gasteiger partial charge in [0.1, 0.15) is 5.82 Å². The molecule has 1 aliphatic rings. The van der Waals surface area contributed by atoms with Crippen LogP contribution in [0.5, 0.6) is 0 Å². The SMILES string of the molecule is CN(C)C1=CCC[N]1. The Morgan fingerprint density at radius 2 is 2.38 bits per heavy atom. The van der Waals surface area contributed by atoms with Crippen molar-refractivity contribution in [2.45, 2.75) is 6.42 Å². The van der Waals surface area contributed by atoms with Crippen molar-refractivity contribution < 1.29 is 0 Å². The number of hydrogen-bond donors (Lipinski definition) is 0. The van der Waals surface area contributed by atoms with Crippen LogP contribution < -0.4 is 5.32 Å². The molecular weight excluding hydrogens is 100 g/mol. The van der Waals surface area contributed by atoms with Crippen molar-refractivity contribution in [3.05, 3.63) is 11.9 Å². The Morgan fingerprint density at radius 1 is 1.62 bits per heavy atom. The van der Waals surface area contributed by atoms with Crippen LogP contribution in [0.15, 0.2) is 11.9 Å². The lowest BCUT2D eigenvalue weighted by molar-refractivity contribution is 0.473. The van der Waals surface area contributed by atoms with Crippen LogP contribution in [0.2, 0.25) is 0 Å². The summed E-state index contributed by atoms with van der Waals surface area (Å²) in [5, 5.41) is 4.22. The van der Waals surface area contributed by atoms with E-state index in [0.29, 0.717) is 0 Å². The van der Waals surface area contributed by atoms with Gasteiger partial charge in [0.15, 0.2) is 0 Å². The molecule has 8 heavy (non-hydrogen) atoms. The van der Waals surface area contributed by atoms with E-state index in [1.807, 2.05) is 19.0 Å². The molecule has 1 heterocycles. The van der Waals surface area contributed by atoms with Gasteiger partial charge in [0.05, 0.1) is 0 Å². The Balaban J connectivity index is 2.45. The van der Waals surface area contributed by atoms with E-state index in [1.54, 1.807) is 0 Å². The molecule has 0 saturated heterocycles. The lowest BCUT2D eigenvalue weighted by Crippen LogP contribution is -2.16. The van der Waals surface area contributed by atoms with E-state index in [4.69, 9.17) is 0 Å². The maximum absolute atomic E-state index is 4.22. The highest BCUT2D eigenvalue weighted by Gasteiger charge is 2.04. The molecule has 2 heteroatoms. The fourth-order valence-electron chi connectivity index (χ4n) is 0.761. The summed E-state index contributed by atoms with van der Waals surface area (Å²) in [6.07, 6.45) is 3.27. The van der Waals surface area contributed by atoms with Gasteiger partial charge in [0, 0.05) is 20.6 Å². The molecule has 1 radical (unpaired) electrons. The van der Waals surface area contributed by atoms with E-state index in [0.717, 1.165) is 18.8 Å². The van der Waals surface area contributed by atoms with Crippen molar-refractivity contribution in [1.82, 2.24) is 10.2 Å². The van der Waals surface area contributed by atoms with Gasteiger partial charge in [-0.3, -0.25) is 5.32 Å². The molecule has 0 N–H and O–H groups in total. The van der Waals surface area contributed by atoms with Crippen LogP contribution in [0.4, 0.5) is 0 Å². The summed E-state index contributed by atoms with van der Waals surface area (Å²) in [4.78, 5) is 2.03. The van der Waals surface area contributed by atoms with Gasteiger partial charge in [-0.15, -0.1) is 0 Å². The van der Waals surface area contributed by atoms with Gasteiger partial charge in [-0.2, -0.15) is 0 Å². The molecule has 0 spiro atoms. The molecule has 0 unspecified atom stereocenters. The van der Waals surface area contributed by atoms with Crippen LogP contribution in [0.3, 0.4) is 0 Å². The van der Waals surface area contributed by atoms with Crippen LogP contribution >= 0.6 is 0 Å². The van der Waals surface area contributed by atoms with Gasteiger partial charge in [-0.1, -0.05) is 0 Å². The van der Waals surface area contributed by atoms with Crippen molar-refractivity contribution in [3.63, 3.8) is 0 Å². The van der Waals surface area contributed by atoms with Gasteiger partial charge >= 0.3 is 0 Å². The van der Waals surface area contributed by atoms with Crippen LogP contribution in [-0.4, -0.2) is 25.5 Å². The van der Waals surface area contributed by atoms with Crippen LogP contribution in [0, 0.1) is 0 Å². The van der Waals surface area contributed by atoms with E-state index in [2.05, 4.69) is 11.4 Å². The maximum atomic E-state index is 4.22. The third-order valence-electron chi connectivity index (χ3n) is 1.19. The summed E-state index contributed by atoms with van der Waals surface area (Å²) in [7, 11) is 4.03. The summed E-state index contributed by atoms with van der Waals surface area (Å²) in [5.74, 6) is 1.13. The highest BCUT2D eigenvalue weighted by molar-refractivity contribution is 5.02. The second-order valence-electron chi connectivity index (χ2n) is 2.13. The van der Waals surface area contributed by atoms with E-state index in [-0.39, 0.29) is 0 Å². The highest BCUT2D eigenvalue weighted by Crippen LogP contribution is 2.03. The van der Waals surface area contributed by atoms with Crippen molar-refractivity contribution in [1.29, 1.82) is 0 Å². The second kappa shape index (κ2) is 2.07. The quantitative estimate of drug-likeness (QED) is 0.478. The molecule has 1 aliphatic heterocycles. The minimum Gasteiger partial charge on any atom is -0.363 e. The highest BCUT2D eigenvalue weighted by atomic mass is 15.2. The fourth-order valence-corrected chi connectivity index (χ4v) is 0.761. The number of nitrogens with zero attached hydrogens (tertiary/aromatic N) is 2. The molecule has 0 fully saturated rings. The molecule has 0 bridgehead atoms. The minimum atomic E-state index is 0.980. The summed E-state index contributed by atoms with van der Waals surface area (Å²) < 4.78 is 0. The normalized spacial score (nSPS) is 17.5. The molecule has 2 nitrogen and oxygen atoms in total. The van der Waals surface area contributed by atoms with Crippen LogP contribution in [0.25, 0.3) is 0 Å². The third kappa shape index (κ3) is 0.941. The molecule has 0 aromatic heterocycles. The first-order valence-corrected chi connectivity index (χ1v) is 2.85. The lowest BCUT2D eigenvalue weighted by Gasteiger charge is -2.11. The lowest BCUT2D eigenvalue weighted by atomic mass is 10.5. The average molecular weight is 111 g/mol. The largest absolute Gasteiger partial charge is 0.363 e. The number of rotatable bonds is 1. The summed E-state index contributed by atoms with van der Waals surface area (Å²) in [5.41, 5.74) is 0. The molecule has 0 saturated carbocycles. The van der Waals surface area contributed by atoms with E-state index in [9.17, 15) is 0 Å². The first-order chi connectivity index (χ1) is 3.80. The van der Waals surface area contributed by atoms with Gasteiger partial charge in [0.2, 0.25) is 0 Å². The molecule has 45 valence electrons. The average Bonchev–Trinajstić information content (AvgIpc) is 2.12. The zero-order valence-corrected chi connectivity index (χ0v) is 5.39. The van der Waals surface area contributed by atoms with Crippen LogP contribution in [-0.2, 0) is 0 Å². The maximum Gasteiger partial charge on any atom is 0.118 e. The summed E-state index contributed by atoms with van der Waals surface area (Å²) in [6, 6.07) is 0. The summed E-state index contributed by atoms with van der Waals surface area (Å²) >= 11 is 0. The van der Waals surface area contributed by atoms with Gasteiger partial charge in [0.25, 0.3) is 0 Å². The topological polar surface area (TPSA) is 17.3 Å². The Kier molecular flexibility index (Phi) is 1.42. The minimum absolute atomic E-state index is 0.980. The Hall–Kier alpha value is -0.660. The molecular formula is C6H11N2. The van der Waals surface area contributed by atoms with Crippen LogP contribution in [0.1, 0.15) is 6.42 Å². The van der Waals surface area contributed by atoms with E-state index < -0.39 is 0 Å². The molecule has 1 rings (SSSR count). The molecule has 0 aliphatic carbocycles. The van der Waals surface area contributed by atoms with Gasteiger partial charge in [-0.25, -0.2) is 0 Å². The molecule has 0 aromatic carbocycles. The zero-order chi connectivity index (χ0) is 5.98. The van der Waals surface area contributed by atoms with Crippen molar-refractivity contribution in [2.24, 2.45) is 0 Å². The smallest absolute Gasteiger partial charge is 0.118 e. The Labute approximate surface area is 50.2 Å². The number of hydrogen-bond acceptors (Lipinski definition) is 1. The van der Waals surface area contributed by atoms with E-state index >= 15 is 0 Å². The summed E-state index contributed by atoms with van der Waals surface area (Å²) in [6.45, 7) is 0.980. The predicted molar refractivity (Wildman–Crippen MR) is 33.4 cm³/mol. The molecule has 0 atom stereocenters. The van der Waals surface area contributed by atoms with E-state index in [1.165, 1.54) is 0 Å². The third-order valence-corrected chi connectivity index (χ3v) is 1.19. The van der Waals surface area contributed by atoms with Gasteiger partial charge in [-0.05, 0) is 12.5 Å². The molecule has 0 amide bonds. The standard InChI is InChI=1S/C6H11N2/c1-8(2)6-4-3-5-7-6/h4H,3,5H2,1-2H3. The van der Waals surface area contributed by atoms with Crippen molar-refractivity contribution >= 4 is 0 Å². The second-order valence-corrected chi connectivity index (χ2v) is 2.13. The van der Waals surface area contributed by atoms with Crippen molar-refractivity contribution in [3.8, 4) is 0 Å². The Bertz CT molecular complexity index is 105. The zero-order valence-electron chi connectivity index (χ0n) is 5.39. The Morgan fingerprint density at radius 3 is 2.62 bits per heavy atom. The monoisotopic (exact) mass is 111 g/mol. The first-order valence-electron chi connectivity index (χ1n) is 2.85. The predicted octanol–water partition coefficient (Wildman–Crippen LogP) is 0.397. The fraction of sp³-hybridized carbons (Fsp3) is 0.667. The van der Waals surface area contributed by atoms with Gasteiger partial charge < -0.3 is 4.90 Å². The molecule has 0 aromatic rings. The first kappa shape index (κ1) is 5.48.